The number of amides is 1. The fourth-order valence-electron chi connectivity index (χ4n) is 6.89. The Labute approximate surface area is 258 Å². The van der Waals surface area contributed by atoms with E-state index in [1.165, 1.54) is 0 Å². The highest BCUT2D eigenvalue weighted by molar-refractivity contribution is 5.94. The van der Waals surface area contributed by atoms with Crippen LogP contribution in [-0.2, 0) is 27.2 Å². The highest BCUT2D eigenvalue weighted by Gasteiger charge is 2.48. The summed E-state index contributed by atoms with van der Waals surface area (Å²) >= 11 is 0. The van der Waals surface area contributed by atoms with E-state index in [1.807, 2.05) is 53.4 Å². The number of anilines is 2. The first-order valence-electron chi connectivity index (χ1n) is 15.7. The largest absolute Gasteiger partial charge is 0.486 e. The standard InChI is InChI=1S/C35H41N3O6/c1-3-23-6-5-7-24(4-2)33(23)36-31(39)22-38-21-28(26-10-13-29-30(20-26)44-19-18-43-29)32(35(40)41)34(38)25-8-11-27(12-9-25)37-14-16-42-17-15-37/h5-13,20,28,32,34H,3-4,14-19,21-22H2,1-2H3,(H,36,39)(H,40,41)/t28-,32?,34+/m1/s1. The molecule has 0 spiro atoms. The van der Waals surface area contributed by atoms with E-state index >= 15 is 0 Å². The molecule has 0 saturated carbocycles. The van der Waals surface area contributed by atoms with Crippen LogP contribution in [0, 0.1) is 5.92 Å². The van der Waals surface area contributed by atoms with Crippen molar-refractivity contribution in [3.05, 3.63) is 82.9 Å². The summed E-state index contributed by atoms with van der Waals surface area (Å²) in [7, 11) is 0. The van der Waals surface area contributed by atoms with Gasteiger partial charge in [-0.2, -0.15) is 0 Å². The number of carboxylic acid groups (broad SMARTS) is 1. The minimum absolute atomic E-state index is 0.0713. The van der Waals surface area contributed by atoms with Gasteiger partial charge >= 0.3 is 5.97 Å². The first-order chi connectivity index (χ1) is 21.5. The highest BCUT2D eigenvalue weighted by atomic mass is 16.6. The Morgan fingerprint density at radius 3 is 2.18 bits per heavy atom. The molecule has 0 bridgehead atoms. The Hall–Kier alpha value is -4.08. The quantitative estimate of drug-likeness (QED) is 0.358. The van der Waals surface area contributed by atoms with Crippen molar-refractivity contribution < 1.29 is 28.9 Å². The number of hydrogen-bond donors (Lipinski definition) is 2. The van der Waals surface area contributed by atoms with E-state index in [2.05, 4.69) is 36.2 Å². The van der Waals surface area contributed by atoms with Crippen LogP contribution >= 0.6 is 0 Å². The molecule has 3 aromatic carbocycles. The summed E-state index contributed by atoms with van der Waals surface area (Å²) in [5.41, 5.74) is 5.87. The maximum Gasteiger partial charge on any atom is 0.309 e. The Kier molecular flexibility index (Phi) is 9.04. The zero-order valence-corrected chi connectivity index (χ0v) is 25.5. The van der Waals surface area contributed by atoms with Crippen molar-refractivity contribution in [2.24, 2.45) is 5.92 Å². The molecule has 1 unspecified atom stereocenters. The van der Waals surface area contributed by atoms with Gasteiger partial charge in [-0.3, -0.25) is 14.5 Å². The molecule has 9 nitrogen and oxygen atoms in total. The van der Waals surface area contributed by atoms with Crippen LogP contribution in [0.3, 0.4) is 0 Å². The average Bonchev–Trinajstić information content (AvgIpc) is 3.44. The van der Waals surface area contributed by atoms with E-state index in [0.29, 0.717) is 44.5 Å². The Bertz CT molecular complexity index is 1460. The molecule has 0 aromatic heterocycles. The molecule has 3 atom stereocenters. The predicted molar refractivity (Wildman–Crippen MR) is 169 cm³/mol. The van der Waals surface area contributed by atoms with E-state index in [9.17, 15) is 14.7 Å². The zero-order valence-electron chi connectivity index (χ0n) is 25.5. The van der Waals surface area contributed by atoms with Crippen LogP contribution in [0.4, 0.5) is 11.4 Å². The van der Waals surface area contributed by atoms with Crippen molar-refractivity contribution in [1.29, 1.82) is 0 Å². The van der Waals surface area contributed by atoms with Gasteiger partial charge in [0.25, 0.3) is 0 Å². The van der Waals surface area contributed by atoms with E-state index in [0.717, 1.165) is 59.6 Å². The van der Waals surface area contributed by atoms with Crippen LogP contribution in [0.5, 0.6) is 11.5 Å². The fraction of sp³-hybridized carbons (Fsp3) is 0.429. The summed E-state index contributed by atoms with van der Waals surface area (Å²) in [6, 6.07) is 19.5. The minimum Gasteiger partial charge on any atom is -0.486 e. The number of rotatable bonds is 9. The third-order valence-electron chi connectivity index (χ3n) is 9.10. The number of nitrogens with zero attached hydrogens (tertiary/aromatic N) is 2. The third kappa shape index (κ3) is 6.12. The fourth-order valence-corrected chi connectivity index (χ4v) is 6.89. The lowest BCUT2D eigenvalue weighted by atomic mass is 9.82. The van der Waals surface area contributed by atoms with Crippen LogP contribution in [0.2, 0.25) is 0 Å². The SMILES string of the molecule is CCc1cccc(CC)c1NC(=O)CN1C[C@H](c2ccc3c(c2)OCCO3)C(C(=O)O)[C@@H]1c1ccc(N2CCOCC2)cc1. The molecule has 6 rings (SSSR count). The van der Waals surface area contributed by atoms with Crippen molar-refractivity contribution in [1.82, 2.24) is 4.90 Å². The molecule has 3 heterocycles. The van der Waals surface area contributed by atoms with Crippen molar-refractivity contribution >= 4 is 23.3 Å². The summed E-state index contributed by atoms with van der Waals surface area (Å²) in [5.74, 6) is -0.869. The second-order valence-corrected chi connectivity index (χ2v) is 11.6. The number of morpholine rings is 1. The maximum absolute atomic E-state index is 13.7. The molecule has 232 valence electrons. The van der Waals surface area contributed by atoms with E-state index in [-0.39, 0.29) is 18.4 Å². The number of para-hydroxylation sites is 1. The lowest BCUT2D eigenvalue weighted by Gasteiger charge is -2.30. The smallest absolute Gasteiger partial charge is 0.309 e. The van der Waals surface area contributed by atoms with Crippen molar-refractivity contribution in [2.75, 3.05) is 62.8 Å². The normalized spacial score (nSPS) is 21.7. The molecule has 2 saturated heterocycles. The van der Waals surface area contributed by atoms with Gasteiger partial charge in [-0.25, -0.2) is 0 Å². The van der Waals surface area contributed by atoms with Crippen LogP contribution in [0.25, 0.3) is 0 Å². The zero-order chi connectivity index (χ0) is 30.6. The Morgan fingerprint density at radius 1 is 0.864 bits per heavy atom. The molecule has 0 radical (unpaired) electrons. The van der Waals surface area contributed by atoms with Crippen molar-refractivity contribution in [2.45, 2.75) is 38.6 Å². The topological polar surface area (TPSA) is 101 Å². The number of carbonyl (C=O) groups is 2. The van der Waals surface area contributed by atoms with Crippen LogP contribution < -0.4 is 19.7 Å². The summed E-state index contributed by atoms with van der Waals surface area (Å²) in [4.78, 5) is 31.1. The molecule has 2 N–H and O–H groups in total. The molecule has 0 aliphatic carbocycles. The lowest BCUT2D eigenvalue weighted by molar-refractivity contribution is -0.143. The van der Waals surface area contributed by atoms with Gasteiger partial charge in [-0.15, -0.1) is 0 Å². The number of nitrogens with one attached hydrogen (secondary N) is 1. The summed E-state index contributed by atoms with van der Waals surface area (Å²) < 4.78 is 17.1. The number of benzene rings is 3. The van der Waals surface area contributed by atoms with Crippen molar-refractivity contribution in [3.63, 3.8) is 0 Å². The number of hydrogen-bond acceptors (Lipinski definition) is 7. The van der Waals surface area contributed by atoms with E-state index in [1.54, 1.807) is 0 Å². The monoisotopic (exact) mass is 599 g/mol. The number of ether oxygens (including phenoxy) is 3. The second kappa shape index (κ2) is 13.3. The number of carbonyl (C=O) groups excluding carboxylic acids is 1. The minimum atomic E-state index is -0.889. The van der Waals surface area contributed by atoms with Crippen LogP contribution in [-0.4, -0.2) is 74.5 Å². The molecular weight excluding hydrogens is 558 g/mol. The summed E-state index contributed by atoms with van der Waals surface area (Å²) in [6.45, 7) is 8.59. The van der Waals surface area contributed by atoms with Gasteiger partial charge < -0.3 is 29.5 Å². The lowest BCUT2D eigenvalue weighted by Crippen LogP contribution is -2.36. The number of aliphatic carboxylic acids is 1. The van der Waals surface area contributed by atoms with E-state index < -0.39 is 17.9 Å². The van der Waals surface area contributed by atoms with Gasteiger partial charge in [0.1, 0.15) is 13.2 Å². The van der Waals surface area contributed by atoms with Gasteiger partial charge in [0.15, 0.2) is 11.5 Å². The second-order valence-electron chi connectivity index (χ2n) is 11.6. The first-order valence-corrected chi connectivity index (χ1v) is 15.7. The Morgan fingerprint density at radius 2 is 1.52 bits per heavy atom. The molecule has 3 aromatic rings. The first kappa shape index (κ1) is 30.0. The number of carboxylic acids is 1. The molecule has 9 heteroatoms. The Balaban J connectivity index is 1.33. The summed E-state index contributed by atoms with van der Waals surface area (Å²) in [5, 5.41) is 13.9. The summed E-state index contributed by atoms with van der Waals surface area (Å²) in [6.07, 6.45) is 1.61. The van der Waals surface area contributed by atoms with Gasteiger partial charge in [-0.1, -0.05) is 50.2 Å². The predicted octanol–water partition coefficient (Wildman–Crippen LogP) is 4.90. The molecule has 1 amide bonds. The molecule has 3 aliphatic rings. The van der Waals surface area contributed by atoms with Gasteiger partial charge in [0.05, 0.1) is 25.7 Å². The third-order valence-corrected chi connectivity index (χ3v) is 9.10. The van der Waals surface area contributed by atoms with Crippen LogP contribution in [0.15, 0.2) is 60.7 Å². The molecule has 44 heavy (non-hydrogen) atoms. The average molecular weight is 600 g/mol. The molecular formula is C35H41N3O6. The van der Waals surface area contributed by atoms with Gasteiger partial charge in [0, 0.05) is 43.0 Å². The van der Waals surface area contributed by atoms with Crippen molar-refractivity contribution in [3.8, 4) is 11.5 Å². The number of fused-ring (bicyclic) bond motifs is 1. The number of likely N-dealkylation sites (tertiary alicyclic amines) is 1. The van der Waals surface area contributed by atoms with Crippen LogP contribution in [0.1, 0.15) is 48.1 Å². The molecule has 2 fully saturated rings. The highest BCUT2D eigenvalue weighted by Crippen LogP contribution is 2.47. The van der Waals surface area contributed by atoms with Gasteiger partial charge in [0.2, 0.25) is 5.91 Å². The maximum atomic E-state index is 13.7. The van der Waals surface area contributed by atoms with Gasteiger partial charge in [-0.05, 0) is 59.4 Å². The van der Waals surface area contributed by atoms with E-state index in [4.69, 9.17) is 14.2 Å². The molecule has 3 aliphatic heterocycles. The number of aryl methyl sites for hydroxylation is 2.